The summed E-state index contributed by atoms with van der Waals surface area (Å²) in [5.41, 5.74) is 3.44. The monoisotopic (exact) mass is 381 g/mol. The first kappa shape index (κ1) is 17.1. The van der Waals surface area contributed by atoms with E-state index in [1.807, 2.05) is 23.1 Å². The van der Waals surface area contributed by atoms with Gasteiger partial charge in [0.25, 0.3) is 5.91 Å². The summed E-state index contributed by atoms with van der Waals surface area (Å²) in [5, 5.41) is 1.19. The summed E-state index contributed by atoms with van der Waals surface area (Å²) >= 11 is 0. The topological polar surface area (TPSA) is 56.4 Å². The summed E-state index contributed by atoms with van der Waals surface area (Å²) in [6.07, 6.45) is 0.815. The third-order valence-electron chi connectivity index (χ3n) is 5.64. The van der Waals surface area contributed by atoms with Crippen LogP contribution in [0, 0.1) is 11.6 Å². The maximum Gasteiger partial charge on any atom is 0.251 e. The molecule has 0 saturated carbocycles. The Labute approximate surface area is 159 Å². The lowest BCUT2D eigenvalue weighted by molar-refractivity contribution is -0.123. The molecule has 1 atom stereocenters. The summed E-state index contributed by atoms with van der Waals surface area (Å²) in [6, 6.07) is 10.5. The van der Waals surface area contributed by atoms with Crippen LogP contribution in [0.1, 0.15) is 17.7 Å². The Hall–Kier alpha value is -3.06. The summed E-state index contributed by atoms with van der Waals surface area (Å²) < 4.78 is 26.8. The van der Waals surface area contributed by atoms with Crippen molar-refractivity contribution < 1.29 is 18.4 Å². The lowest BCUT2D eigenvalue weighted by Crippen LogP contribution is -2.44. The minimum absolute atomic E-state index is 0.0351. The van der Waals surface area contributed by atoms with Crippen molar-refractivity contribution in [2.75, 3.05) is 11.4 Å². The van der Waals surface area contributed by atoms with Gasteiger partial charge in [-0.2, -0.15) is 0 Å². The summed E-state index contributed by atoms with van der Waals surface area (Å²) in [7, 11) is 0. The second-order valence-electron chi connectivity index (χ2n) is 7.23. The molecule has 0 radical (unpaired) electrons. The maximum absolute atomic E-state index is 13.6. The van der Waals surface area contributed by atoms with Crippen LogP contribution in [0.4, 0.5) is 14.5 Å². The molecule has 0 aliphatic carbocycles. The fourth-order valence-electron chi connectivity index (χ4n) is 4.28. The number of aromatic nitrogens is 1. The van der Waals surface area contributed by atoms with E-state index in [1.54, 1.807) is 0 Å². The highest BCUT2D eigenvalue weighted by molar-refractivity contribution is 6.22. The zero-order chi connectivity index (χ0) is 19.4. The predicted molar refractivity (Wildman–Crippen MR) is 99.7 cm³/mol. The first-order valence-corrected chi connectivity index (χ1v) is 9.17. The third kappa shape index (κ3) is 2.54. The molecular formula is C21H17F2N3O2. The molecular weight excluding hydrogens is 364 g/mol. The Balaban J connectivity index is 1.42. The van der Waals surface area contributed by atoms with E-state index in [1.165, 1.54) is 17.0 Å². The third-order valence-corrected chi connectivity index (χ3v) is 5.64. The quantitative estimate of drug-likeness (QED) is 0.694. The van der Waals surface area contributed by atoms with E-state index in [4.69, 9.17) is 0 Å². The van der Waals surface area contributed by atoms with Gasteiger partial charge < -0.3 is 4.98 Å². The Kier molecular flexibility index (Phi) is 3.80. The van der Waals surface area contributed by atoms with Crippen molar-refractivity contribution in [2.24, 2.45) is 0 Å². The van der Waals surface area contributed by atoms with Crippen molar-refractivity contribution in [3.8, 4) is 0 Å². The van der Waals surface area contributed by atoms with E-state index >= 15 is 0 Å². The van der Waals surface area contributed by atoms with Crippen LogP contribution in [0.5, 0.6) is 0 Å². The number of carbonyl (C=O) groups is 2. The van der Waals surface area contributed by atoms with Crippen molar-refractivity contribution in [3.05, 3.63) is 65.4 Å². The number of hydrogen-bond acceptors (Lipinski definition) is 3. The number of rotatable bonds is 2. The van der Waals surface area contributed by atoms with Crippen LogP contribution in [0.2, 0.25) is 0 Å². The predicted octanol–water partition coefficient (Wildman–Crippen LogP) is 3.14. The van der Waals surface area contributed by atoms with E-state index < -0.39 is 29.5 Å². The largest absolute Gasteiger partial charge is 0.357 e. The molecule has 0 bridgehead atoms. The Morgan fingerprint density at radius 2 is 1.86 bits per heavy atom. The molecule has 3 heterocycles. The summed E-state index contributed by atoms with van der Waals surface area (Å²) in [6.45, 7) is 1.20. The molecule has 2 aromatic carbocycles. The molecule has 1 fully saturated rings. The van der Waals surface area contributed by atoms with E-state index in [2.05, 4.69) is 11.1 Å². The highest BCUT2D eigenvalue weighted by Gasteiger charge is 2.43. The second-order valence-corrected chi connectivity index (χ2v) is 7.23. The minimum atomic E-state index is -1.08. The number of nitrogens with zero attached hydrogens (tertiary/aromatic N) is 2. The van der Waals surface area contributed by atoms with Gasteiger partial charge in [-0.1, -0.05) is 18.2 Å². The number of amides is 2. The van der Waals surface area contributed by atoms with Crippen LogP contribution in [0.3, 0.4) is 0 Å². The normalized spacial score (nSPS) is 20.2. The molecule has 5 rings (SSSR count). The molecule has 3 aromatic rings. The number of fused-ring (bicyclic) bond motifs is 3. The van der Waals surface area contributed by atoms with Gasteiger partial charge in [-0.05, 0) is 30.2 Å². The zero-order valence-electron chi connectivity index (χ0n) is 14.9. The summed E-state index contributed by atoms with van der Waals surface area (Å²) in [4.78, 5) is 31.8. The molecule has 1 N–H and O–H groups in total. The molecule has 5 nitrogen and oxygen atoms in total. The van der Waals surface area contributed by atoms with Gasteiger partial charge in [-0.25, -0.2) is 13.7 Å². The minimum Gasteiger partial charge on any atom is -0.357 e. The highest BCUT2D eigenvalue weighted by Crippen LogP contribution is 2.32. The second kappa shape index (κ2) is 6.24. The fraction of sp³-hybridized carbons (Fsp3) is 0.238. The Morgan fingerprint density at radius 3 is 2.68 bits per heavy atom. The van der Waals surface area contributed by atoms with Crippen LogP contribution < -0.4 is 4.90 Å². The number of anilines is 1. The number of aromatic amines is 1. The van der Waals surface area contributed by atoms with Gasteiger partial charge >= 0.3 is 0 Å². The van der Waals surface area contributed by atoms with Crippen LogP contribution in [-0.4, -0.2) is 34.3 Å². The number of hydrogen-bond donors (Lipinski definition) is 1. The van der Waals surface area contributed by atoms with Gasteiger partial charge in [-0.15, -0.1) is 0 Å². The van der Waals surface area contributed by atoms with Crippen molar-refractivity contribution in [1.29, 1.82) is 0 Å². The molecule has 0 spiro atoms. The van der Waals surface area contributed by atoms with Crippen LogP contribution in [0.15, 0.2) is 42.5 Å². The SMILES string of the molecule is O=C1CC(N2CCc3c([nH]c4ccccc34)C2)C(=O)N1c1ccc(F)c(F)c1. The van der Waals surface area contributed by atoms with E-state index in [0.717, 1.165) is 34.7 Å². The number of imide groups is 1. The molecule has 2 aliphatic heterocycles. The molecule has 2 amide bonds. The number of benzene rings is 2. The van der Waals surface area contributed by atoms with Crippen molar-refractivity contribution in [1.82, 2.24) is 9.88 Å². The van der Waals surface area contributed by atoms with Crippen LogP contribution in [-0.2, 0) is 22.6 Å². The molecule has 1 unspecified atom stereocenters. The number of halogens is 2. The molecule has 1 aromatic heterocycles. The number of H-pyrrole nitrogens is 1. The summed E-state index contributed by atoms with van der Waals surface area (Å²) in [5.74, 6) is -2.89. The highest BCUT2D eigenvalue weighted by atomic mass is 19.2. The van der Waals surface area contributed by atoms with E-state index in [9.17, 15) is 18.4 Å². The Morgan fingerprint density at radius 1 is 1.04 bits per heavy atom. The van der Waals surface area contributed by atoms with Gasteiger partial charge in [0, 0.05) is 35.8 Å². The average molecular weight is 381 g/mol. The molecule has 2 aliphatic rings. The number of para-hydroxylation sites is 1. The first-order chi connectivity index (χ1) is 13.5. The van der Waals surface area contributed by atoms with Crippen LogP contribution >= 0.6 is 0 Å². The fourth-order valence-corrected chi connectivity index (χ4v) is 4.28. The lowest BCUT2D eigenvalue weighted by atomic mass is 10.0. The van der Waals surface area contributed by atoms with Gasteiger partial charge in [0.2, 0.25) is 5.91 Å². The van der Waals surface area contributed by atoms with Gasteiger partial charge in [0.05, 0.1) is 18.2 Å². The molecule has 28 heavy (non-hydrogen) atoms. The van der Waals surface area contributed by atoms with Crippen molar-refractivity contribution in [2.45, 2.75) is 25.4 Å². The zero-order valence-corrected chi connectivity index (χ0v) is 14.9. The first-order valence-electron chi connectivity index (χ1n) is 9.17. The standard InChI is InChI=1S/C21H17F2N3O2/c22-15-6-5-12(9-16(15)23)26-20(27)10-19(21(26)28)25-8-7-14-13-3-1-2-4-17(13)24-18(14)11-25/h1-6,9,19,24H,7-8,10-11H2. The molecule has 142 valence electrons. The van der Waals surface area contributed by atoms with Crippen molar-refractivity contribution in [3.63, 3.8) is 0 Å². The Bertz CT molecular complexity index is 1120. The van der Waals surface area contributed by atoms with Gasteiger partial charge in [-0.3, -0.25) is 14.5 Å². The number of nitrogens with one attached hydrogen (secondary N) is 1. The smallest absolute Gasteiger partial charge is 0.251 e. The number of carbonyl (C=O) groups excluding carboxylic acids is 2. The van der Waals surface area contributed by atoms with Gasteiger partial charge in [0.1, 0.15) is 0 Å². The van der Waals surface area contributed by atoms with Crippen LogP contribution in [0.25, 0.3) is 10.9 Å². The van der Waals surface area contributed by atoms with E-state index in [0.29, 0.717) is 13.1 Å². The molecule has 7 heteroatoms. The maximum atomic E-state index is 13.6. The average Bonchev–Trinajstić information content (AvgIpc) is 3.20. The van der Waals surface area contributed by atoms with E-state index in [-0.39, 0.29) is 12.1 Å². The molecule has 1 saturated heterocycles. The van der Waals surface area contributed by atoms with Crippen molar-refractivity contribution >= 4 is 28.4 Å². The lowest BCUT2D eigenvalue weighted by Gasteiger charge is -2.30. The van der Waals surface area contributed by atoms with Gasteiger partial charge in [0.15, 0.2) is 11.6 Å².